The zero-order valence-corrected chi connectivity index (χ0v) is 13.9. The molecule has 3 aliphatic rings. The van der Waals surface area contributed by atoms with Crippen LogP contribution in [-0.2, 0) is 4.74 Å². The van der Waals surface area contributed by atoms with E-state index in [2.05, 4.69) is 29.1 Å². The molecule has 3 aliphatic heterocycles. The molecular formula is C17H33N3O. The van der Waals surface area contributed by atoms with Gasteiger partial charge in [-0.1, -0.05) is 6.92 Å². The van der Waals surface area contributed by atoms with E-state index in [0.29, 0.717) is 6.04 Å². The molecule has 0 amide bonds. The molecule has 4 nitrogen and oxygen atoms in total. The second kappa shape index (κ2) is 7.40. The van der Waals surface area contributed by atoms with Crippen LogP contribution in [0.2, 0.25) is 0 Å². The Balaban J connectivity index is 1.54. The number of nitrogens with one attached hydrogen (secondary N) is 1. The number of likely N-dealkylation sites (N-methyl/N-ethyl adjacent to an activating group) is 1. The molecule has 3 saturated heterocycles. The molecular weight excluding hydrogens is 262 g/mol. The molecule has 0 aromatic carbocycles. The van der Waals surface area contributed by atoms with Crippen LogP contribution in [0.1, 0.15) is 32.6 Å². The van der Waals surface area contributed by atoms with Crippen LogP contribution in [-0.4, -0.2) is 74.9 Å². The van der Waals surface area contributed by atoms with Crippen molar-refractivity contribution in [3.8, 4) is 0 Å². The molecule has 122 valence electrons. The second-order valence-electron chi connectivity index (χ2n) is 7.29. The number of fused-ring (bicyclic) bond motifs is 1. The number of likely N-dealkylation sites (tertiary alicyclic amines) is 2. The van der Waals surface area contributed by atoms with Gasteiger partial charge in [-0.05, 0) is 58.3 Å². The zero-order chi connectivity index (χ0) is 14.7. The summed E-state index contributed by atoms with van der Waals surface area (Å²) in [5.41, 5.74) is 0. The third-order valence-electron chi connectivity index (χ3n) is 5.88. The van der Waals surface area contributed by atoms with Crippen LogP contribution in [0.4, 0.5) is 0 Å². The van der Waals surface area contributed by atoms with E-state index >= 15 is 0 Å². The Hall–Kier alpha value is -0.160. The first-order valence-corrected chi connectivity index (χ1v) is 9.01. The van der Waals surface area contributed by atoms with Crippen molar-refractivity contribution in [3.05, 3.63) is 0 Å². The van der Waals surface area contributed by atoms with Crippen molar-refractivity contribution in [2.75, 3.05) is 53.0 Å². The van der Waals surface area contributed by atoms with E-state index in [9.17, 15) is 0 Å². The number of nitrogens with zero attached hydrogens (tertiary/aromatic N) is 2. The fourth-order valence-corrected chi connectivity index (χ4v) is 4.68. The van der Waals surface area contributed by atoms with Crippen molar-refractivity contribution in [2.24, 2.45) is 11.8 Å². The van der Waals surface area contributed by atoms with Crippen LogP contribution in [0.5, 0.6) is 0 Å². The van der Waals surface area contributed by atoms with Gasteiger partial charge in [0.1, 0.15) is 0 Å². The Morgan fingerprint density at radius 3 is 2.90 bits per heavy atom. The van der Waals surface area contributed by atoms with Gasteiger partial charge in [-0.3, -0.25) is 0 Å². The zero-order valence-electron chi connectivity index (χ0n) is 13.9. The molecule has 3 rings (SSSR count). The van der Waals surface area contributed by atoms with E-state index in [1.165, 1.54) is 51.9 Å². The van der Waals surface area contributed by atoms with Gasteiger partial charge in [-0.15, -0.1) is 0 Å². The smallest absolute Gasteiger partial charge is 0.0510 e. The number of piperidine rings is 2. The molecule has 0 aromatic rings. The molecule has 0 spiro atoms. The molecule has 0 aromatic heterocycles. The lowest BCUT2D eigenvalue weighted by Gasteiger charge is -2.47. The third kappa shape index (κ3) is 3.79. The molecule has 21 heavy (non-hydrogen) atoms. The summed E-state index contributed by atoms with van der Waals surface area (Å²) < 4.78 is 5.61. The summed E-state index contributed by atoms with van der Waals surface area (Å²) in [5.74, 6) is 1.62. The average Bonchev–Trinajstić information content (AvgIpc) is 3.01. The number of hydrogen-bond acceptors (Lipinski definition) is 4. The summed E-state index contributed by atoms with van der Waals surface area (Å²) in [6, 6.07) is 1.47. The highest BCUT2D eigenvalue weighted by Gasteiger charge is 2.35. The Bertz CT molecular complexity index is 319. The van der Waals surface area contributed by atoms with E-state index < -0.39 is 0 Å². The minimum absolute atomic E-state index is 0.621. The van der Waals surface area contributed by atoms with Gasteiger partial charge in [0.25, 0.3) is 0 Å². The quantitative estimate of drug-likeness (QED) is 0.830. The van der Waals surface area contributed by atoms with Crippen LogP contribution < -0.4 is 5.32 Å². The van der Waals surface area contributed by atoms with Gasteiger partial charge in [0.2, 0.25) is 0 Å². The molecule has 3 fully saturated rings. The van der Waals surface area contributed by atoms with Gasteiger partial charge in [0.15, 0.2) is 0 Å². The first-order chi connectivity index (χ1) is 10.3. The molecule has 3 heterocycles. The summed E-state index contributed by atoms with van der Waals surface area (Å²) in [5, 5.41) is 3.72. The summed E-state index contributed by atoms with van der Waals surface area (Å²) in [6.45, 7) is 10.3. The summed E-state index contributed by atoms with van der Waals surface area (Å²) in [7, 11) is 2.32. The van der Waals surface area contributed by atoms with E-state index in [-0.39, 0.29) is 0 Å². The van der Waals surface area contributed by atoms with Gasteiger partial charge >= 0.3 is 0 Å². The van der Waals surface area contributed by atoms with Crippen LogP contribution in [0.3, 0.4) is 0 Å². The van der Waals surface area contributed by atoms with Crippen molar-refractivity contribution in [3.63, 3.8) is 0 Å². The molecule has 4 heteroatoms. The second-order valence-corrected chi connectivity index (χ2v) is 7.29. The van der Waals surface area contributed by atoms with Crippen LogP contribution in [0.15, 0.2) is 0 Å². The van der Waals surface area contributed by atoms with Gasteiger partial charge in [-0.2, -0.15) is 0 Å². The third-order valence-corrected chi connectivity index (χ3v) is 5.88. The minimum Gasteiger partial charge on any atom is -0.381 e. The summed E-state index contributed by atoms with van der Waals surface area (Å²) >= 11 is 0. The molecule has 0 aliphatic carbocycles. The lowest BCUT2D eigenvalue weighted by atomic mass is 9.84. The van der Waals surface area contributed by atoms with Crippen LogP contribution in [0.25, 0.3) is 0 Å². The minimum atomic E-state index is 0.621. The predicted molar refractivity (Wildman–Crippen MR) is 86.6 cm³/mol. The number of ether oxygens (including phenoxy) is 1. The van der Waals surface area contributed by atoms with Gasteiger partial charge in [0.05, 0.1) is 6.61 Å². The maximum Gasteiger partial charge on any atom is 0.0510 e. The normalized spacial score (nSPS) is 36.6. The first kappa shape index (κ1) is 15.7. The highest BCUT2D eigenvalue weighted by Crippen LogP contribution is 2.30. The summed E-state index contributed by atoms with van der Waals surface area (Å²) in [4.78, 5) is 5.34. The molecule has 0 saturated carbocycles. The van der Waals surface area contributed by atoms with Gasteiger partial charge < -0.3 is 19.9 Å². The Morgan fingerprint density at radius 2 is 2.14 bits per heavy atom. The van der Waals surface area contributed by atoms with Crippen molar-refractivity contribution in [1.82, 2.24) is 15.1 Å². The van der Waals surface area contributed by atoms with Crippen molar-refractivity contribution in [1.29, 1.82) is 0 Å². The van der Waals surface area contributed by atoms with Gasteiger partial charge in [-0.25, -0.2) is 0 Å². The topological polar surface area (TPSA) is 27.7 Å². The fraction of sp³-hybridized carbons (Fsp3) is 1.00. The number of hydrogen-bond donors (Lipinski definition) is 1. The van der Waals surface area contributed by atoms with E-state index in [0.717, 1.165) is 37.6 Å². The lowest BCUT2D eigenvalue weighted by molar-refractivity contribution is 0.0314. The standard InChI is InChI=1S/C17H33N3O/c1-3-18-16(15-7-10-21-13-15)12-20-9-6-17-14(11-20)5-4-8-19(17)2/h14-18H,3-13H2,1-2H3. The van der Waals surface area contributed by atoms with Crippen LogP contribution in [0, 0.1) is 11.8 Å². The molecule has 4 atom stereocenters. The SMILES string of the molecule is CCNC(CN1CCC2C(CCCN2C)C1)C1CCOC1. The maximum absolute atomic E-state index is 5.61. The highest BCUT2D eigenvalue weighted by molar-refractivity contribution is 4.91. The molecule has 4 unspecified atom stereocenters. The largest absolute Gasteiger partial charge is 0.381 e. The van der Waals surface area contributed by atoms with E-state index in [1.54, 1.807) is 0 Å². The van der Waals surface area contributed by atoms with Crippen molar-refractivity contribution < 1.29 is 4.74 Å². The highest BCUT2D eigenvalue weighted by atomic mass is 16.5. The van der Waals surface area contributed by atoms with E-state index in [1.807, 2.05) is 0 Å². The fourth-order valence-electron chi connectivity index (χ4n) is 4.68. The maximum atomic E-state index is 5.61. The molecule has 0 radical (unpaired) electrons. The van der Waals surface area contributed by atoms with Gasteiger partial charge in [0, 0.05) is 37.7 Å². The van der Waals surface area contributed by atoms with Crippen LogP contribution >= 0.6 is 0 Å². The average molecular weight is 295 g/mol. The predicted octanol–water partition coefficient (Wildman–Crippen LogP) is 1.42. The Morgan fingerprint density at radius 1 is 1.24 bits per heavy atom. The Labute approximate surface area is 130 Å². The molecule has 1 N–H and O–H groups in total. The first-order valence-electron chi connectivity index (χ1n) is 9.01. The lowest BCUT2D eigenvalue weighted by Crippen LogP contribution is -2.55. The Kier molecular flexibility index (Phi) is 5.54. The van der Waals surface area contributed by atoms with E-state index in [4.69, 9.17) is 4.74 Å². The summed E-state index contributed by atoms with van der Waals surface area (Å²) in [6.07, 6.45) is 5.42. The monoisotopic (exact) mass is 295 g/mol. The molecule has 0 bridgehead atoms. The van der Waals surface area contributed by atoms with Crippen molar-refractivity contribution >= 4 is 0 Å². The number of rotatable bonds is 5. The van der Waals surface area contributed by atoms with Crippen molar-refractivity contribution in [2.45, 2.75) is 44.7 Å².